The van der Waals surface area contributed by atoms with E-state index in [-0.39, 0.29) is 5.91 Å². The number of nitrogens with zero attached hydrogens (tertiary/aromatic N) is 2. The predicted molar refractivity (Wildman–Crippen MR) is 49.4 cm³/mol. The first-order valence-corrected chi connectivity index (χ1v) is 4.12. The number of carbonyl (C=O) groups excluding carboxylic acids is 1. The highest BCUT2D eigenvalue weighted by Gasteiger charge is 2.37. The number of rotatable bonds is 1. The Morgan fingerprint density at radius 3 is 2.79 bits per heavy atom. The fourth-order valence-corrected chi connectivity index (χ4v) is 1.51. The molecule has 0 unspecified atom stereocenters. The van der Waals surface area contributed by atoms with Gasteiger partial charge in [0.15, 0.2) is 0 Å². The minimum absolute atomic E-state index is 0.344. The highest BCUT2D eigenvalue weighted by molar-refractivity contribution is 6.03. The largest absolute Gasteiger partial charge is 0.480 e. The summed E-state index contributed by atoms with van der Waals surface area (Å²) >= 11 is 0. The smallest absolute Gasteiger partial charge is 0.326 e. The number of carboxylic acid groups (broad SMARTS) is 1. The minimum atomic E-state index is -1.03. The maximum Gasteiger partial charge on any atom is 0.326 e. The maximum atomic E-state index is 11.2. The van der Waals surface area contributed by atoms with Crippen LogP contribution in [0.5, 0.6) is 0 Å². The molecule has 0 spiro atoms. The van der Waals surface area contributed by atoms with Gasteiger partial charge in [0.1, 0.15) is 11.9 Å². The Hall–Kier alpha value is -1.83. The third kappa shape index (κ3) is 1.74. The van der Waals surface area contributed by atoms with Gasteiger partial charge in [0.25, 0.3) is 0 Å². The standard InChI is InChI=1S/C9H10N2O3/c1-3-10-8-5-4-7(9(13)14)11(8)6(2)12/h1,7H,4-5H2,2H3,(H,13,14)/t7-/m0/s1. The first-order valence-electron chi connectivity index (χ1n) is 4.12. The van der Waals surface area contributed by atoms with E-state index in [1.165, 1.54) is 6.92 Å². The molecule has 1 aliphatic rings. The van der Waals surface area contributed by atoms with E-state index in [0.717, 1.165) is 4.90 Å². The SMILES string of the molecule is C#CN=C1CC[C@@H](C(=O)O)N1C(C)=O. The van der Waals surface area contributed by atoms with Gasteiger partial charge in [0.05, 0.1) is 0 Å². The number of aliphatic imine (C=N–C) groups is 1. The van der Waals surface area contributed by atoms with Crippen molar-refractivity contribution >= 4 is 17.7 Å². The topological polar surface area (TPSA) is 70.0 Å². The van der Waals surface area contributed by atoms with Crippen LogP contribution in [0.25, 0.3) is 0 Å². The maximum absolute atomic E-state index is 11.2. The second kappa shape index (κ2) is 3.92. The summed E-state index contributed by atoms with van der Waals surface area (Å²) in [6.45, 7) is 1.30. The van der Waals surface area contributed by atoms with Crippen molar-refractivity contribution in [2.24, 2.45) is 4.99 Å². The van der Waals surface area contributed by atoms with Gasteiger partial charge in [-0.2, -0.15) is 4.99 Å². The van der Waals surface area contributed by atoms with E-state index >= 15 is 0 Å². The Kier molecular flexibility index (Phi) is 2.87. The highest BCUT2D eigenvalue weighted by atomic mass is 16.4. The van der Waals surface area contributed by atoms with Crippen molar-refractivity contribution in [3.8, 4) is 12.5 Å². The number of hydrogen-bond acceptors (Lipinski definition) is 3. The summed E-state index contributed by atoms with van der Waals surface area (Å²) in [4.78, 5) is 26.7. The molecule has 5 heteroatoms. The van der Waals surface area contributed by atoms with E-state index in [1.807, 2.05) is 0 Å². The average Bonchev–Trinajstić information content (AvgIpc) is 2.48. The Morgan fingerprint density at radius 2 is 2.36 bits per heavy atom. The number of carboxylic acids is 1. The van der Waals surface area contributed by atoms with Gasteiger partial charge in [0.2, 0.25) is 5.91 Å². The molecule has 0 aromatic heterocycles. The summed E-state index contributed by atoms with van der Waals surface area (Å²) in [5.41, 5.74) is 0. The number of likely N-dealkylation sites (tertiary alicyclic amines) is 1. The zero-order chi connectivity index (χ0) is 10.7. The molecule has 0 aromatic carbocycles. The average molecular weight is 194 g/mol. The third-order valence-electron chi connectivity index (χ3n) is 2.05. The molecule has 1 heterocycles. The molecule has 1 rings (SSSR count). The summed E-state index contributed by atoms with van der Waals surface area (Å²) in [6, 6.07) is 1.24. The fraction of sp³-hybridized carbons (Fsp3) is 0.444. The van der Waals surface area contributed by atoms with Crippen LogP contribution in [0.15, 0.2) is 4.99 Å². The molecule has 1 atom stereocenters. The molecule has 74 valence electrons. The van der Waals surface area contributed by atoms with Crippen molar-refractivity contribution < 1.29 is 14.7 Å². The lowest BCUT2D eigenvalue weighted by atomic mass is 10.2. The van der Waals surface area contributed by atoms with Gasteiger partial charge in [-0.3, -0.25) is 9.69 Å². The van der Waals surface area contributed by atoms with Crippen molar-refractivity contribution in [1.82, 2.24) is 4.90 Å². The number of amidine groups is 1. The summed E-state index contributed by atoms with van der Waals surface area (Å²) in [5.74, 6) is -1.00. The molecule has 1 N–H and O–H groups in total. The lowest BCUT2D eigenvalue weighted by Crippen LogP contribution is -2.41. The zero-order valence-electron chi connectivity index (χ0n) is 7.73. The van der Waals surface area contributed by atoms with Crippen LogP contribution in [-0.4, -0.2) is 33.8 Å². The van der Waals surface area contributed by atoms with Crippen molar-refractivity contribution in [2.75, 3.05) is 0 Å². The monoisotopic (exact) mass is 194 g/mol. The Bertz CT molecular complexity index is 340. The molecule has 14 heavy (non-hydrogen) atoms. The number of carbonyl (C=O) groups is 2. The molecule has 0 aliphatic carbocycles. The lowest BCUT2D eigenvalue weighted by Gasteiger charge is -2.19. The van der Waals surface area contributed by atoms with E-state index < -0.39 is 12.0 Å². The van der Waals surface area contributed by atoms with Crippen molar-refractivity contribution in [3.05, 3.63) is 0 Å². The van der Waals surface area contributed by atoms with Crippen LogP contribution >= 0.6 is 0 Å². The zero-order valence-corrected chi connectivity index (χ0v) is 7.73. The summed E-state index contributed by atoms with van der Waals surface area (Å²) < 4.78 is 0. The molecule has 0 aromatic rings. The van der Waals surface area contributed by atoms with E-state index in [2.05, 4.69) is 11.0 Å². The third-order valence-corrected chi connectivity index (χ3v) is 2.05. The normalized spacial score (nSPS) is 23.6. The van der Waals surface area contributed by atoms with Gasteiger partial charge in [-0.25, -0.2) is 4.79 Å². The number of aliphatic carboxylic acids is 1. The first-order chi connectivity index (χ1) is 6.57. The lowest BCUT2D eigenvalue weighted by molar-refractivity contribution is -0.145. The first kappa shape index (κ1) is 10.3. The summed E-state index contributed by atoms with van der Waals surface area (Å²) in [7, 11) is 0. The van der Waals surface area contributed by atoms with Crippen molar-refractivity contribution in [3.63, 3.8) is 0 Å². The highest BCUT2D eigenvalue weighted by Crippen LogP contribution is 2.20. The quantitative estimate of drug-likeness (QED) is 0.600. The van der Waals surface area contributed by atoms with Gasteiger partial charge >= 0.3 is 5.97 Å². The van der Waals surface area contributed by atoms with Crippen LogP contribution in [-0.2, 0) is 9.59 Å². The van der Waals surface area contributed by atoms with Crippen molar-refractivity contribution in [1.29, 1.82) is 0 Å². The summed E-state index contributed by atoms with van der Waals surface area (Å²) in [6.07, 6.45) is 5.77. The van der Waals surface area contributed by atoms with Crippen LogP contribution in [0.4, 0.5) is 0 Å². The minimum Gasteiger partial charge on any atom is -0.480 e. The summed E-state index contributed by atoms with van der Waals surface area (Å²) in [5, 5.41) is 8.82. The van der Waals surface area contributed by atoms with Crippen LogP contribution in [0.2, 0.25) is 0 Å². The molecular weight excluding hydrogens is 184 g/mol. The van der Waals surface area contributed by atoms with E-state index in [9.17, 15) is 9.59 Å². The van der Waals surface area contributed by atoms with E-state index in [1.54, 1.807) is 0 Å². The van der Waals surface area contributed by atoms with Gasteiger partial charge in [-0.05, 0) is 6.42 Å². The van der Waals surface area contributed by atoms with E-state index in [4.69, 9.17) is 11.5 Å². The number of hydrogen-bond donors (Lipinski definition) is 1. The molecule has 1 saturated heterocycles. The molecular formula is C9H10N2O3. The molecule has 1 amide bonds. The molecule has 0 saturated carbocycles. The molecule has 1 aliphatic heterocycles. The van der Waals surface area contributed by atoms with Crippen LogP contribution in [0.3, 0.4) is 0 Å². The Morgan fingerprint density at radius 1 is 1.71 bits per heavy atom. The molecule has 5 nitrogen and oxygen atoms in total. The molecule has 0 radical (unpaired) electrons. The van der Waals surface area contributed by atoms with E-state index in [0.29, 0.717) is 18.7 Å². The van der Waals surface area contributed by atoms with Crippen LogP contribution in [0, 0.1) is 12.5 Å². The van der Waals surface area contributed by atoms with Gasteiger partial charge in [-0.1, -0.05) is 6.42 Å². The van der Waals surface area contributed by atoms with Crippen LogP contribution < -0.4 is 0 Å². The number of terminal acetylenes is 1. The second-order valence-corrected chi connectivity index (χ2v) is 2.94. The Labute approximate surface area is 81.4 Å². The van der Waals surface area contributed by atoms with Gasteiger partial charge in [-0.15, -0.1) is 0 Å². The van der Waals surface area contributed by atoms with Crippen molar-refractivity contribution in [2.45, 2.75) is 25.8 Å². The Balaban J connectivity index is 2.98. The molecule has 0 bridgehead atoms. The van der Waals surface area contributed by atoms with Gasteiger partial charge < -0.3 is 5.11 Å². The van der Waals surface area contributed by atoms with Gasteiger partial charge in [0, 0.05) is 19.4 Å². The number of amides is 1. The molecule has 1 fully saturated rings. The predicted octanol–water partition coefficient (Wildman–Crippen LogP) is 0.0711. The fourth-order valence-electron chi connectivity index (χ4n) is 1.51. The van der Waals surface area contributed by atoms with Crippen LogP contribution in [0.1, 0.15) is 19.8 Å². The second-order valence-electron chi connectivity index (χ2n) is 2.94.